The van der Waals surface area contributed by atoms with Crippen molar-refractivity contribution in [1.82, 2.24) is 29.2 Å². The van der Waals surface area contributed by atoms with Gasteiger partial charge in [0.25, 0.3) is 0 Å². The first-order valence-electron chi connectivity index (χ1n) is 8.24. The molecule has 3 aromatic rings. The van der Waals surface area contributed by atoms with E-state index in [0.29, 0.717) is 43.3 Å². The Hall–Kier alpha value is -2.59. The Morgan fingerprint density at radius 1 is 1.19 bits per heavy atom. The van der Waals surface area contributed by atoms with Gasteiger partial charge >= 0.3 is 0 Å². The van der Waals surface area contributed by atoms with E-state index >= 15 is 0 Å². The highest BCUT2D eigenvalue weighted by Gasteiger charge is 2.32. The molecule has 26 heavy (non-hydrogen) atoms. The molecule has 0 atom stereocenters. The molecule has 0 bridgehead atoms. The van der Waals surface area contributed by atoms with Crippen LogP contribution >= 0.6 is 0 Å². The van der Waals surface area contributed by atoms with Crippen LogP contribution in [0.2, 0.25) is 0 Å². The Bertz CT molecular complexity index is 996. The van der Waals surface area contributed by atoms with Crippen molar-refractivity contribution in [3.8, 4) is 11.4 Å². The van der Waals surface area contributed by atoms with E-state index < -0.39 is 10.0 Å². The highest BCUT2D eigenvalue weighted by atomic mass is 32.2. The van der Waals surface area contributed by atoms with E-state index in [-0.39, 0.29) is 4.90 Å². The average molecular weight is 374 g/mol. The summed E-state index contributed by atoms with van der Waals surface area (Å²) in [4.78, 5) is 8.79. The standard InChI is InChI=1S/C16H18N6O3S/c1-11-15(12(2)25-20-11)26(23,24)21-7-5-14-18-16(19-22(14)9-8-21)13-4-3-6-17-10-13/h3-4,6,10H,5,7-9H2,1-2H3. The molecule has 1 aliphatic heterocycles. The van der Waals surface area contributed by atoms with Gasteiger partial charge in [0.2, 0.25) is 10.0 Å². The van der Waals surface area contributed by atoms with Gasteiger partial charge in [-0.1, -0.05) is 5.16 Å². The second-order valence-corrected chi connectivity index (χ2v) is 8.00. The molecule has 1 aliphatic rings. The molecule has 0 saturated heterocycles. The zero-order valence-corrected chi connectivity index (χ0v) is 15.3. The summed E-state index contributed by atoms with van der Waals surface area (Å²) in [5.74, 6) is 1.68. The van der Waals surface area contributed by atoms with Crippen LogP contribution in [0.5, 0.6) is 0 Å². The fourth-order valence-corrected chi connectivity index (χ4v) is 4.83. The third-order valence-corrected chi connectivity index (χ3v) is 6.52. The van der Waals surface area contributed by atoms with Crippen molar-refractivity contribution in [3.63, 3.8) is 0 Å². The molecule has 4 rings (SSSR count). The minimum Gasteiger partial charge on any atom is -0.360 e. The van der Waals surface area contributed by atoms with E-state index in [2.05, 4.69) is 20.2 Å². The first kappa shape index (κ1) is 16.9. The Balaban J connectivity index is 1.59. The molecule has 3 aromatic heterocycles. The van der Waals surface area contributed by atoms with Crippen molar-refractivity contribution in [3.05, 3.63) is 41.8 Å². The van der Waals surface area contributed by atoms with Crippen molar-refractivity contribution in [2.45, 2.75) is 31.7 Å². The van der Waals surface area contributed by atoms with E-state index in [4.69, 9.17) is 4.52 Å². The Labute approximate surface area is 150 Å². The smallest absolute Gasteiger partial charge is 0.248 e. The Morgan fingerprint density at radius 3 is 2.73 bits per heavy atom. The Kier molecular flexibility index (Phi) is 4.08. The number of hydrogen-bond acceptors (Lipinski definition) is 7. The lowest BCUT2D eigenvalue weighted by Gasteiger charge is -2.19. The second kappa shape index (κ2) is 6.29. The number of aromatic nitrogens is 5. The van der Waals surface area contributed by atoms with Crippen LogP contribution in [0.15, 0.2) is 33.9 Å². The van der Waals surface area contributed by atoms with Crippen LogP contribution in [-0.2, 0) is 23.0 Å². The van der Waals surface area contributed by atoms with Gasteiger partial charge in [-0.25, -0.2) is 18.1 Å². The molecule has 0 aliphatic carbocycles. The zero-order valence-electron chi connectivity index (χ0n) is 14.5. The summed E-state index contributed by atoms with van der Waals surface area (Å²) in [6.45, 7) is 4.32. The number of hydrogen-bond donors (Lipinski definition) is 0. The van der Waals surface area contributed by atoms with Crippen molar-refractivity contribution in [1.29, 1.82) is 0 Å². The van der Waals surface area contributed by atoms with Gasteiger partial charge in [-0.2, -0.15) is 9.40 Å². The molecule has 0 fully saturated rings. The predicted octanol–water partition coefficient (Wildman–Crippen LogP) is 1.19. The first-order valence-corrected chi connectivity index (χ1v) is 9.68. The summed E-state index contributed by atoms with van der Waals surface area (Å²) in [5, 5.41) is 8.27. The van der Waals surface area contributed by atoms with Crippen LogP contribution in [0.4, 0.5) is 0 Å². The number of pyridine rings is 1. The van der Waals surface area contributed by atoms with Crippen LogP contribution in [0.1, 0.15) is 17.3 Å². The normalized spacial score (nSPS) is 15.6. The van der Waals surface area contributed by atoms with E-state index in [9.17, 15) is 8.42 Å². The van der Waals surface area contributed by atoms with E-state index in [1.165, 1.54) is 4.31 Å². The van der Waals surface area contributed by atoms with E-state index in [1.54, 1.807) is 30.9 Å². The molecule has 0 aromatic carbocycles. The third-order valence-electron chi connectivity index (χ3n) is 4.38. The van der Waals surface area contributed by atoms with Crippen LogP contribution in [0, 0.1) is 13.8 Å². The third kappa shape index (κ3) is 2.80. The molecule has 10 heteroatoms. The fourth-order valence-electron chi connectivity index (χ4n) is 3.11. The van der Waals surface area contributed by atoms with Crippen molar-refractivity contribution in [2.75, 3.05) is 13.1 Å². The van der Waals surface area contributed by atoms with Crippen molar-refractivity contribution >= 4 is 10.0 Å². The number of aryl methyl sites for hydroxylation is 2. The summed E-state index contributed by atoms with van der Waals surface area (Å²) < 4.78 is 34.2. The van der Waals surface area contributed by atoms with Gasteiger partial charge in [0, 0.05) is 37.5 Å². The van der Waals surface area contributed by atoms with Crippen LogP contribution < -0.4 is 0 Å². The highest BCUT2D eigenvalue weighted by Crippen LogP contribution is 2.25. The Morgan fingerprint density at radius 2 is 2.04 bits per heavy atom. The molecular formula is C16H18N6O3S. The maximum atomic E-state index is 13.0. The maximum Gasteiger partial charge on any atom is 0.248 e. The van der Waals surface area contributed by atoms with Gasteiger partial charge in [0.05, 0.1) is 6.54 Å². The second-order valence-electron chi connectivity index (χ2n) is 6.12. The molecule has 0 saturated carbocycles. The lowest BCUT2D eigenvalue weighted by Crippen LogP contribution is -2.34. The van der Waals surface area contributed by atoms with E-state index in [0.717, 1.165) is 11.4 Å². The van der Waals surface area contributed by atoms with E-state index in [1.807, 2.05) is 12.1 Å². The van der Waals surface area contributed by atoms with Gasteiger partial charge in [0.15, 0.2) is 11.6 Å². The molecule has 0 N–H and O–H groups in total. The fraction of sp³-hybridized carbons (Fsp3) is 0.375. The SMILES string of the molecule is Cc1noc(C)c1S(=O)(=O)N1CCc2nc(-c3cccnc3)nn2CC1. The number of nitrogens with zero attached hydrogens (tertiary/aromatic N) is 6. The molecule has 0 unspecified atom stereocenters. The molecule has 0 radical (unpaired) electrons. The summed E-state index contributed by atoms with van der Waals surface area (Å²) in [7, 11) is -3.66. The van der Waals surface area contributed by atoms with Gasteiger partial charge in [0.1, 0.15) is 16.4 Å². The molecule has 0 spiro atoms. The van der Waals surface area contributed by atoms with Gasteiger partial charge in [-0.3, -0.25) is 4.98 Å². The monoisotopic (exact) mass is 374 g/mol. The van der Waals surface area contributed by atoms with Crippen molar-refractivity contribution < 1.29 is 12.9 Å². The minimum atomic E-state index is -3.66. The number of fused-ring (bicyclic) bond motifs is 1. The van der Waals surface area contributed by atoms with Crippen LogP contribution in [0.3, 0.4) is 0 Å². The lowest BCUT2D eigenvalue weighted by atomic mass is 10.3. The predicted molar refractivity (Wildman–Crippen MR) is 91.7 cm³/mol. The number of rotatable bonds is 3. The lowest BCUT2D eigenvalue weighted by molar-refractivity contribution is 0.387. The summed E-state index contributed by atoms with van der Waals surface area (Å²) in [5.41, 5.74) is 1.22. The molecule has 136 valence electrons. The zero-order chi connectivity index (χ0) is 18.3. The quantitative estimate of drug-likeness (QED) is 0.678. The molecule has 9 nitrogen and oxygen atoms in total. The van der Waals surface area contributed by atoms with Crippen LogP contribution in [-0.4, -0.2) is 50.7 Å². The molecule has 0 amide bonds. The van der Waals surface area contributed by atoms with Gasteiger partial charge < -0.3 is 4.52 Å². The number of sulfonamides is 1. The van der Waals surface area contributed by atoms with Gasteiger partial charge in [-0.05, 0) is 26.0 Å². The summed E-state index contributed by atoms with van der Waals surface area (Å²) in [6.07, 6.45) is 3.89. The average Bonchev–Trinajstić information content (AvgIpc) is 3.12. The summed E-state index contributed by atoms with van der Waals surface area (Å²) in [6, 6.07) is 3.73. The topological polar surface area (TPSA) is 107 Å². The van der Waals surface area contributed by atoms with Crippen LogP contribution in [0.25, 0.3) is 11.4 Å². The van der Waals surface area contributed by atoms with Crippen molar-refractivity contribution in [2.24, 2.45) is 0 Å². The highest BCUT2D eigenvalue weighted by molar-refractivity contribution is 7.89. The molecular weight excluding hydrogens is 356 g/mol. The molecule has 4 heterocycles. The first-order chi connectivity index (χ1) is 12.5. The largest absolute Gasteiger partial charge is 0.360 e. The maximum absolute atomic E-state index is 13.0. The van der Waals surface area contributed by atoms with Gasteiger partial charge in [-0.15, -0.1) is 0 Å². The minimum absolute atomic E-state index is 0.154. The summed E-state index contributed by atoms with van der Waals surface area (Å²) >= 11 is 0.